The van der Waals surface area contributed by atoms with Crippen LogP contribution in [0.15, 0.2) is 303 Å². The third-order valence-corrected chi connectivity index (χ3v) is 18.9. The third-order valence-electron chi connectivity index (χ3n) is 18.9. The fourth-order valence-corrected chi connectivity index (χ4v) is 13.2. The van der Waals surface area contributed by atoms with Crippen molar-refractivity contribution >= 4 is 11.9 Å². The molecule has 0 amide bonds. The lowest BCUT2D eigenvalue weighted by Gasteiger charge is -2.40. The van der Waals surface area contributed by atoms with Gasteiger partial charge in [-0.15, -0.1) is 0 Å². The van der Waals surface area contributed by atoms with E-state index in [1.165, 1.54) is 0 Å². The molecule has 2 heterocycles. The van der Waals surface area contributed by atoms with Crippen molar-refractivity contribution in [3.8, 4) is 57.5 Å². The van der Waals surface area contributed by atoms with Gasteiger partial charge < -0.3 is 66.3 Å². The molecule has 2 aliphatic heterocycles. The number of esters is 2. The van der Waals surface area contributed by atoms with E-state index in [1.54, 1.807) is 0 Å². The zero-order chi connectivity index (χ0) is 75.6. The number of carbonyl (C=O) groups is 2. The molecule has 16 nitrogen and oxygen atoms in total. The third kappa shape index (κ3) is 21.1. The highest BCUT2D eigenvalue weighted by Crippen LogP contribution is 2.52. The Morgan fingerprint density at radius 2 is 0.694 bits per heavy atom. The molecule has 12 aromatic rings. The van der Waals surface area contributed by atoms with Gasteiger partial charge in [0.15, 0.2) is 41.3 Å². The Morgan fingerprint density at radius 3 is 1.12 bits per heavy atom. The highest BCUT2D eigenvalue weighted by Gasteiger charge is 2.46. The van der Waals surface area contributed by atoms with E-state index in [1.807, 2.05) is 310 Å². The Balaban J connectivity index is 0.779. The second kappa shape index (κ2) is 38.5. The summed E-state index contributed by atoms with van der Waals surface area (Å²) in [7, 11) is 0. The van der Waals surface area contributed by atoms with E-state index >= 15 is 4.79 Å². The normalized spacial score (nSPS) is 15.4. The van der Waals surface area contributed by atoms with Crippen LogP contribution in [0.1, 0.15) is 111 Å². The quantitative estimate of drug-likeness (QED) is 0.0267. The Kier molecular flexibility index (Phi) is 26.1. The molecule has 0 radical (unpaired) electrons. The summed E-state index contributed by atoms with van der Waals surface area (Å²) < 4.78 is 93.6. The van der Waals surface area contributed by atoms with E-state index in [0.29, 0.717) is 86.4 Å². The van der Waals surface area contributed by atoms with Crippen molar-refractivity contribution in [1.82, 2.24) is 0 Å². The van der Waals surface area contributed by atoms with Gasteiger partial charge in [0.05, 0.1) is 18.8 Å². The molecule has 5 atom stereocenters. The molecule has 12 aromatic carbocycles. The monoisotopic (exact) mass is 1480 g/mol. The summed E-state index contributed by atoms with van der Waals surface area (Å²) in [6.45, 7) is 4.64. The standard InChI is InChI=1S/C95H88O16/c1-2-98-50-51-99-94-91-86(107-66-74-42-25-10-26-43-74)56-78(101-60-68-30-13-4-14-31-68)57-87(91)110-93(76-47-49-81(103-62-70-34-17-6-18-35-70)85(53-76)106-65-73-40-23-9-24-41-73)95(94)111-90(97)45-27-44-89(96)108-88-58-79-82(104-63-71-36-19-7-20-37-71)54-77(100-59-67-28-11-3-12-29-67)55-83(79)109-92(88)75-46-48-80(102-61-69-32-15-5-16-33-69)84(52-75)105-64-72-38-21-8-22-39-72/h3-26,28-43,46-49,52-57,88,92-95H,2,27,44-45,50-51,58-66H2,1H3/t88-,92+,93+,94+,95-/m0/s1. The summed E-state index contributed by atoms with van der Waals surface area (Å²) in [6, 6.07) is 97.6. The van der Waals surface area contributed by atoms with Gasteiger partial charge in [-0.25, -0.2) is 0 Å². The molecule has 0 saturated heterocycles. The minimum atomic E-state index is -1.19. The summed E-state index contributed by atoms with van der Waals surface area (Å²) in [5.74, 6) is 3.43. The van der Waals surface area contributed by atoms with Crippen LogP contribution in [0, 0.1) is 0 Å². The lowest BCUT2D eigenvalue weighted by atomic mass is 9.90. The van der Waals surface area contributed by atoms with E-state index in [4.69, 9.17) is 66.3 Å². The van der Waals surface area contributed by atoms with Crippen LogP contribution in [0.5, 0.6) is 57.5 Å². The van der Waals surface area contributed by atoms with Crippen LogP contribution < -0.4 is 47.4 Å². The van der Waals surface area contributed by atoms with Gasteiger partial charge in [-0.3, -0.25) is 9.59 Å². The molecule has 16 heteroatoms. The Hall–Kier alpha value is -12.5. The lowest BCUT2D eigenvalue weighted by Crippen LogP contribution is -2.40. The zero-order valence-corrected chi connectivity index (χ0v) is 61.9. The van der Waals surface area contributed by atoms with Crippen molar-refractivity contribution in [3.05, 3.63) is 370 Å². The predicted octanol–water partition coefficient (Wildman–Crippen LogP) is 19.9. The molecule has 0 N–H and O–H groups in total. The summed E-state index contributed by atoms with van der Waals surface area (Å²) in [6.07, 6.45) is -5.27. The minimum Gasteiger partial charge on any atom is -0.489 e. The Bertz CT molecular complexity index is 4900. The van der Waals surface area contributed by atoms with Crippen molar-refractivity contribution < 1.29 is 75.9 Å². The number of ether oxygens (including phenoxy) is 14. The van der Waals surface area contributed by atoms with Crippen LogP contribution in [-0.2, 0) is 87.8 Å². The van der Waals surface area contributed by atoms with Gasteiger partial charge in [0, 0.05) is 66.8 Å². The molecule has 0 aliphatic carbocycles. The molecule has 0 unspecified atom stereocenters. The average molecular weight is 1490 g/mol. The molecule has 0 fully saturated rings. The van der Waals surface area contributed by atoms with Crippen LogP contribution in [0.4, 0.5) is 0 Å². The number of hydrogen-bond acceptors (Lipinski definition) is 16. The van der Waals surface area contributed by atoms with E-state index in [2.05, 4.69) is 0 Å². The second-order valence-electron chi connectivity index (χ2n) is 26.9. The molecular formula is C95H88O16. The summed E-state index contributed by atoms with van der Waals surface area (Å²) >= 11 is 0. The van der Waals surface area contributed by atoms with Gasteiger partial charge in [0.2, 0.25) is 0 Å². The molecule has 111 heavy (non-hydrogen) atoms. The number of rotatable bonds is 37. The number of carbonyl (C=O) groups excluding carboxylic acids is 2. The average Bonchev–Trinajstić information content (AvgIpc) is 0.755. The highest BCUT2D eigenvalue weighted by molar-refractivity contribution is 5.73. The van der Waals surface area contributed by atoms with Gasteiger partial charge >= 0.3 is 11.9 Å². The zero-order valence-electron chi connectivity index (χ0n) is 61.9. The lowest BCUT2D eigenvalue weighted by molar-refractivity contribution is -0.174. The maximum atomic E-state index is 15.2. The summed E-state index contributed by atoms with van der Waals surface area (Å²) in [4.78, 5) is 30.1. The number of hydrogen-bond donors (Lipinski definition) is 0. The highest BCUT2D eigenvalue weighted by atomic mass is 16.6. The molecular weight excluding hydrogens is 1400 g/mol. The first-order chi connectivity index (χ1) is 54.8. The van der Waals surface area contributed by atoms with Crippen LogP contribution in [0.2, 0.25) is 0 Å². The van der Waals surface area contributed by atoms with Gasteiger partial charge in [0.1, 0.15) is 99.6 Å². The summed E-state index contributed by atoms with van der Waals surface area (Å²) in [5.41, 5.74) is 10.0. The van der Waals surface area contributed by atoms with Gasteiger partial charge in [-0.05, 0) is 82.1 Å². The van der Waals surface area contributed by atoms with Crippen LogP contribution in [-0.4, -0.2) is 44.0 Å². The molecule has 0 saturated carbocycles. The number of benzene rings is 12. The van der Waals surface area contributed by atoms with Gasteiger partial charge in [-0.2, -0.15) is 0 Å². The molecule has 0 spiro atoms. The molecule has 564 valence electrons. The van der Waals surface area contributed by atoms with Crippen molar-refractivity contribution in [3.63, 3.8) is 0 Å². The largest absolute Gasteiger partial charge is 0.489 e. The molecule has 0 aromatic heterocycles. The first-order valence-electron chi connectivity index (χ1n) is 37.7. The summed E-state index contributed by atoms with van der Waals surface area (Å²) in [5, 5.41) is 0. The molecule has 0 bridgehead atoms. The van der Waals surface area contributed by atoms with Crippen LogP contribution >= 0.6 is 0 Å². The van der Waals surface area contributed by atoms with Crippen LogP contribution in [0.25, 0.3) is 0 Å². The SMILES string of the molecule is CCOCCO[C@@H]1c2c(OCc3ccccc3)cc(OCc3ccccc3)cc2O[C@H](c2ccc(OCc3ccccc3)c(OCc3ccccc3)c2)[C@@H]1OC(=O)CCCC(=O)O[C@H]1Cc2c(OCc3ccccc3)cc(OCc3ccccc3)cc2O[C@@H]1c1ccc(OCc2ccccc2)c(OCc2ccccc2)c1. The predicted molar refractivity (Wildman–Crippen MR) is 421 cm³/mol. The number of fused-ring (bicyclic) bond motifs is 2. The Labute approximate surface area is 647 Å². The minimum absolute atomic E-state index is 0.0359. The van der Waals surface area contributed by atoms with Crippen molar-refractivity contribution in [2.45, 2.75) is 116 Å². The van der Waals surface area contributed by atoms with Crippen molar-refractivity contribution in [2.24, 2.45) is 0 Å². The fourth-order valence-electron chi connectivity index (χ4n) is 13.2. The van der Waals surface area contributed by atoms with E-state index in [-0.39, 0.29) is 91.8 Å². The Morgan fingerprint density at radius 1 is 0.342 bits per heavy atom. The van der Waals surface area contributed by atoms with Crippen molar-refractivity contribution in [2.75, 3.05) is 19.8 Å². The van der Waals surface area contributed by atoms with Gasteiger partial charge in [-0.1, -0.05) is 255 Å². The van der Waals surface area contributed by atoms with Gasteiger partial charge in [0.25, 0.3) is 0 Å². The second-order valence-corrected chi connectivity index (χ2v) is 26.9. The molecule has 14 rings (SSSR count). The fraction of sp³-hybridized carbons (Fsp3) is 0.221. The van der Waals surface area contributed by atoms with Crippen LogP contribution in [0.3, 0.4) is 0 Å². The smallest absolute Gasteiger partial charge is 0.306 e. The maximum Gasteiger partial charge on any atom is 0.306 e. The van der Waals surface area contributed by atoms with E-state index in [9.17, 15) is 4.79 Å². The first kappa shape index (κ1) is 75.3. The first-order valence-corrected chi connectivity index (χ1v) is 37.7. The van der Waals surface area contributed by atoms with E-state index < -0.39 is 42.5 Å². The molecule has 2 aliphatic rings. The maximum absolute atomic E-state index is 15.2. The van der Waals surface area contributed by atoms with Crippen molar-refractivity contribution in [1.29, 1.82) is 0 Å². The topological polar surface area (TPSA) is 163 Å². The van der Waals surface area contributed by atoms with E-state index in [0.717, 1.165) is 44.5 Å².